The van der Waals surface area contributed by atoms with E-state index in [1.165, 1.54) is 5.57 Å². The minimum atomic E-state index is 1.02. The summed E-state index contributed by atoms with van der Waals surface area (Å²) in [5.41, 5.74) is 7.58. The molecule has 0 aromatic heterocycles. The molecule has 1 nitrogen and oxygen atoms in total. The average Bonchev–Trinajstić information content (AvgIpc) is 1.85. The fourth-order valence-corrected chi connectivity index (χ4v) is 0.947. The number of allylic oxidation sites excluding steroid dienone is 4. The predicted octanol–water partition coefficient (Wildman–Crippen LogP) is 2.74. The lowest BCUT2D eigenvalue weighted by atomic mass is 10.1. The van der Waals surface area contributed by atoms with Crippen LogP contribution in [0, 0.1) is 0 Å². The molecular formula is C8H12IN. The van der Waals surface area contributed by atoms with Gasteiger partial charge in [-0.25, -0.2) is 0 Å². The Morgan fingerprint density at radius 1 is 1.40 bits per heavy atom. The van der Waals surface area contributed by atoms with Crippen LogP contribution < -0.4 is 5.73 Å². The first kappa shape index (κ1) is 9.75. The first-order valence-corrected chi connectivity index (χ1v) is 4.07. The largest absolute Gasteiger partial charge is 0.404 e. The normalized spacial score (nSPS) is 13.5. The van der Waals surface area contributed by atoms with Crippen LogP contribution in [-0.4, -0.2) is 0 Å². The molecule has 0 aliphatic carbocycles. The maximum absolute atomic E-state index is 5.31. The molecule has 0 aromatic carbocycles. The van der Waals surface area contributed by atoms with Crippen LogP contribution in [0.3, 0.4) is 0 Å². The van der Waals surface area contributed by atoms with Gasteiger partial charge in [-0.2, -0.15) is 0 Å². The summed E-state index contributed by atoms with van der Waals surface area (Å²) in [6.45, 7) is 7.75. The highest BCUT2D eigenvalue weighted by Gasteiger charge is 1.90. The first-order chi connectivity index (χ1) is 4.57. The van der Waals surface area contributed by atoms with Gasteiger partial charge in [0.25, 0.3) is 0 Å². The standard InChI is InChI=1S/C8H12IN/c1-6(4-8(3)9)7(2)5-10/h4-5H,3,10H2,1-2H3/b6-4-,7-5-. The van der Waals surface area contributed by atoms with Gasteiger partial charge < -0.3 is 5.73 Å². The second kappa shape index (κ2) is 4.55. The fraction of sp³-hybridized carbons (Fsp3) is 0.250. The van der Waals surface area contributed by atoms with Crippen LogP contribution in [0.4, 0.5) is 0 Å². The van der Waals surface area contributed by atoms with Crippen LogP contribution >= 0.6 is 22.6 Å². The molecule has 10 heavy (non-hydrogen) atoms. The van der Waals surface area contributed by atoms with Crippen molar-refractivity contribution < 1.29 is 0 Å². The van der Waals surface area contributed by atoms with Crippen molar-refractivity contribution in [2.24, 2.45) is 5.73 Å². The zero-order chi connectivity index (χ0) is 8.15. The fourth-order valence-electron chi connectivity index (χ4n) is 0.480. The second-order valence-corrected chi connectivity index (χ2v) is 3.51. The molecule has 56 valence electrons. The second-order valence-electron chi connectivity index (χ2n) is 2.12. The van der Waals surface area contributed by atoms with Crippen molar-refractivity contribution in [3.63, 3.8) is 0 Å². The van der Waals surface area contributed by atoms with Gasteiger partial charge in [0.1, 0.15) is 0 Å². The molecule has 0 radical (unpaired) electrons. The number of hydrogen-bond donors (Lipinski definition) is 1. The zero-order valence-corrected chi connectivity index (χ0v) is 8.47. The molecular weight excluding hydrogens is 237 g/mol. The van der Waals surface area contributed by atoms with Gasteiger partial charge in [-0.3, -0.25) is 0 Å². The smallest absolute Gasteiger partial charge is 0.00607 e. The third-order valence-electron chi connectivity index (χ3n) is 1.25. The van der Waals surface area contributed by atoms with Gasteiger partial charge in [0, 0.05) is 3.58 Å². The molecule has 0 fully saturated rings. The minimum Gasteiger partial charge on any atom is -0.404 e. The molecule has 0 aromatic rings. The molecule has 0 rings (SSSR count). The van der Waals surface area contributed by atoms with E-state index < -0.39 is 0 Å². The van der Waals surface area contributed by atoms with E-state index in [1.54, 1.807) is 6.20 Å². The van der Waals surface area contributed by atoms with Crippen molar-refractivity contribution in [1.82, 2.24) is 0 Å². The summed E-state index contributed by atoms with van der Waals surface area (Å²) in [5.74, 6) is 0. The highest BCUT2D eigenvalue weighted by Crippen LogP contribution is 2.12. The summed E-state index contributed by atoms with van der Waals surface area (Å²) in [5, 5.41) is 0. The molecule has 0 heterocycles. The number of halogens is 1. The van der Waals surface area contributed by atoms with E-state index in [-0.39, 0.29) is 0 Å². The van der Waals surface area contributed by atoms with Crippen molar-refractivity contribution in [3.8, 4) is 0 Å². The van der Waals surface area contributed by atoms with Crippen molar-refractivity contribution in [2.75, 3.05) is 0 Å². The van der Waals surface area contributed by atoms with Crippen LogP contribution in [0.15, 0.2) is 33.6 Å². The van der Waals surface area contributed by atoms with Crippen LogP contribution in [-0.2, 0) is 0 Å². The Morgan fingerprint density at radius 2 is 1.90 bits per heavy atom. The third kappa shape index (κ3) is 3.71. The third-order valence-corrected chi connectivity index (χ3v) is 1.56. The average molecular weight is 249 g/mol. The van der Waals surface area contributed by atoms with Crippen LogP contribution in [0.5, 0.6) is 0 Å². The monoisotopic (exact) mass is 249 g/mol. The maximum atomic E-state index is 5.31. The highest BCUT2D eigenvalue weighted by atomic mass is 127. The molecule has 0 unspecified atom stereocenters. The molecule has 0 aliphatic heterocycles. The van der Waals surface area contributed by atoms with Crippen molar-refractivity contribution in [1.29, 1.82) is 0 Å². The van der Waals surface area contributed by atoms with Crippen molar-refractivity contribution in [3.05, 3.63) is 33.6 Å². The number of hydrogen-bond acceptors (Lipinski definition) is 1. The summed E-state index contributed by atoms with van der Waals surface area (Å²) in [6.07, 6.45) is 3.60. The van der Waals surface area contributed by atoms with Gasteiger partial charge in [-0.15, -0.1) is 0 Å². The number of nitrogens with two attached hydrogens (primary N) is 1. The Morgan fingerprint density at radius 3 is 2.20 bits per heavy atom. The summed E-state index contributed by atoms with van der Waals surface area (Å²) < 4.78 is 1.02. The Kier molecular flexibility index (Phi) is 4.43. The van der Waals surface area contributed by atoms with Crippen molar-refractivity contribution >= 4 is 22.6 Å². The molecule has 2 N–H and O–H groups in total. The highest BCUT2D eigenvalue weighted by molar-refractivity contribution is 14.1. The van der Waals surface area contributed by atoms with E-state index in [4.69, 9.17) is 5.73 Å². The maximum Gasteiger partial charge on any atom is 0.00607 e. The molecule has 2 heteroatoms. The first-order valence-electron chi connectivity index (χ1n) is 2.99. The summed E-state index contributed by atoms with van der Waals surface area (Å²) >= 11 is 2.17. The van der Waals surface area contributed by atoms with Gasteiger partial charge in [0.15, 0.2) is 0 Å². The molecule has 0 saturated heterocycles. The van der Waals surface area contributed by atoms with Crippen molar-refractivity contribution in [2.45, 2.75) is 13.8 Å². The van der Waals surface area contributed by atoms with E-state index in [2.05, 4.69) is 29.2 Å². The molecule has 0 atom stereocenters. The Balaban J connectivity index is 4.35. The van der Waals surface area contributed by atoms with Crippen LogP contribution in [0.2, 0.25) is 0 Å². The SMILES string of the molecule is C=C(I)/C=C(C)\C(C)=C/N. The summed E-state index contributed by atoms with van der Waals surface area (Å²) in [7, 11) is 0. The molecule has 0 amide bonds. The van der Waals surface area contributed by atoms with E-state index >= 15 is 0 Å². The van der Waals surface area contributed by atoms with Crippen LogP contribution in [0.25, 0.3) is 0 Å². The molecule has 0 bridgehead atoms. The lowest BCUT2D eigenvalue weighted by molar-refractivity contribution is 1.31. The lowest BCUT2D eigenvalue weighted by Crippen LogP contribution is -1.85. The van der Waals surface area contributed by atoms with Gasteiger partial charge in [-0.05, 0) is 59.9 Å². The van der Waals surface area contributed by atoms with Gasteiger partial charge in [-0.1, -0.05) is 6.58 Å². The predicted molar refractivity (Wildman–Crippen MR) is 54.9 cm³/mol. The number of rotatable bonds is 2. The van der Waals surface area contributed by atoms with Gasteiger partial charge >= 0.3 is 0 Å². The van der Waals surface area contributed by atoms with Crippen LogP contribution in [0.1, 0.15) is 13.8 Å². The summed E-state index contributed by atoms with van der Waals surface area (Å²) in [6, 6.07) is 0. The molecule has 0 spiro atoms. The molecule has 0 aliphatic rings. The van der Waals surface area contributed by atoms with E-state index in [0.717, 1.165) is 9.15 Å². The minimum absolute atomic E-state index is 1.02. The van der Waals surface area contributed by atoms with Gasteiger partial charge in [0.05, 0.1) is 0 Å². The van der Waals surface area contributed by atoms with E-state index in [0.29, 0.717) is 0 Å². The summed E-state index contributed by atoms with van der Waals surface area (Å²) in [4.78, 5) is 0. The van der Waals surface area contributed by atoms with E-state index in [9.17, 15) is 0 Å². The van der Waals surface area contributed by atoms with E-state index in [1.807, 2.05) is 19.9 Å². The Labute approximate surface area is 75.8 Å². The molecule has 0 saturated carbocycles. The van der Waals surface area contributed by atoms with Gasteiger partial charge in [0.2, 0.25) is 0 Å². The Hall–Kier alpha value is -0.250. The zero-order valence-electron chi connectivity index (χ0n) is 6.32. The topological polar surface area (TPSA) is 26.0 Å². The lowest BCUT2D eigenvalue weighted by Gasteiger charge is -1.97. The quantitative estimate of drug-likeness (QED) is 0.591. The Bertz CT molecular complexity index is 189.